The van der Waals surface area contributed by atoms with Crippen molar-refractivity contribution in [1.29, 1.82) is 5.26 Å². The van der Waals surface area contributed by atoms with Gasteiger partial charge < -0.3 is 21.5 Å². The fourth-order valence-electron chi connectivity index (χ4n) is 1.52. The number of nitrogens with zero attached hydrogens (tertiary/aromatic N) is 1. The first-order chi connectivity index (χ1) is 8.54. The quantitative estimate of drug-likeness (QED) is 0.715. The Hall–Kier alpha value is -1.78. The van der Waals surface area contributed by atoms with Gasteiger partial charge in [0.25, 0.3) is 5.91 Å². The van der Waals surface area contributed by atoms with Crippen LogP contribution in [-0.2, 0) is 4.74 Å². The predicted molar refractivity (Wildman–Crippen MR) is 71.5 cm³/mol. The average Bonchev–Trinajstić information content (AvgIpc) is 2.64. The number of amides is 1. The molecule has 0 saturated heterocycles. The third kappa shape index (κ3) is 2.91. The number of ether oxygens (including phenoxy) is 1. The molecule has 0 aliphatic carbocycles. The van der Waals surface area contributed by atoms with Gasteiger partial charge in [-0.25, -0.2) is 0 Å². The lowest BCUT2D eigenvalue weighted by atomic mass is 10.2. The highest BCUT2D eigenvalue weighted by Crippen LogP contribution is 2.35. The van der Waals surface area contributed by atoms with E-state index in [9.17, 15) is 4.79 Å². The molecule has 0 bridgehead atoms. The summed E-state index contributed by atoms with van der Waals surface area (Å²) < 4.78 is 5.06. The second kappa shape index (κ2) is 6.23. The molecule has 0 aliphatic rings. The normalized spacial score (nSPS) is 11.8. The molecule has 1 aromatic heterocycles. The van der Waals surface area contributed by atoms with Gasteiger partial charge in [-0.1, -0.05) is 6.92 Å². The number of carbonyl (C=O) groups excluding carboxylic acids is 1. The van der Waals surface area contributed by atoms with Crippen molar-refractivity contribution in [3.63, 3.8) is 0 Å². The molecule has 0 aliphatic heterocycles. The third-order valence-electron chi connectivity index (χ3n) is 2.49. The fourth-order valence-corrected chi connectivity index (χ4v) is 2.52. The Kier molecular flexibility index (Phi) is 4.95. The van der Waals surface area contributed by atoms with E-state index in [1.54, 1.807) is 7.11 Å². The fraction of sp³-hybridized carbons (Fsp3) is 0.455. The molecule has 7 heteroatoms. The van der Waals surface area contributed by atoms with Crippen LogP contribution < -0.4 is 16.8 Å². The van der Waals surface area contributed by atoms with Crippen molar-refractivity contribution >= 4 is 27.9 Å². The van der Waals surface area contributed by atoms with E-state index < -0.39 is 5.91 Å². The van der Waals surface area contributed by atoms with Crippen molar-refractivity contribution in [2.45, 2.75) is 19.4 Å². The number of primary amides is 1. The minimum absolute atomic E-state index is 0.0395. The van der Waals surface area contributed by atoms with Gasteiger partial charge in [-0.05, 0) is 6.42 Å². The van der Waals surface area contributed by atoms with E-state index in [0.717, 1.165) is 17.8 Å². The first-order valence-electron chi connectivity index (χ1n) is 5.42. The van der Waals surface area contributed by atoms with Gasteiger partial charge in [0.2, 0.25) is 0 Å². The lowest BCUT2D eigenvalue weighted by molar-refractivity contribution is 0.100. The number of methoxy groups -OCH3 is 1. The minimum atomic E-state index is -0.639. The number of hydrogen-bond acceptors (Lipinski definition) is 6. The SMILES string of the molecule is CCC(COC)Nc1sc(C#N)c(N)c1C(N)=O. The lowest BCUT2D eigenvalue weighted by Crippen LogP contribution is -2.25. The van der Waals surface area contributed by atoms with E-state index >= 15 is 0 Å². The molecule has 1 amide bonds. The molecule has 1 rings (SSSR count). The smallest absolute Gasteiger partial charge is 0.253 e. The number of thiophene rings is 1. The van der Waals surface area contributed by atoms with Gasteiger partial charge in [0.1, 0.15) is 15.9 Å². The van der Waals surface area contributed by atoms with E-state index in [2.05, 4.69) is 5.32 Å². The topological polar surface area (TPSA) is 114 Å². The molecule has 0 radical (unpaired) electrons. The second-order valence-corrected chi connectivity index (χ2v) is 4.75. The maximum Gasteiger partial charge on any atom is 0.253 e. The van der Waals surface area contributed by atoms with Crippen LogP contribution in [0.15, 0.2) is 0 Å². The molecule has 1 atom stereocenters. The Labute approximate surface area is 110 Å². The van der Waals surface area contributed by atoms with Crippen LogP contribution in [0.1, 0.15) is 28.6 Å². The molecule has 0 saturated carbocycles. The Morgan fingerprint density at radius 1 is 1.67 bits per heavy atom. The maximum absolute atomic E-state index is 11.4. The van der Waals surface area contributed by atoms with Crippen molar-refractivity contribution in [3.05, 3.63) is 10.4 Å². The predicted octanol–water partition coefficient (Wildman–Crippen LogP) is 1.14. The average molecular weight is 268 g/mol. The molecule has 1 unspecified atom stereocenters. The van der Waals surface area contributed by atoms with E-state index in [1.807, 2.05) is 13.0 Å². The van der Waals surface area contributed by atoms with Crippen LogP contribution in [0.25, 0.3) is 0 Å². The van der Waals surface area contributed by atoms with Crippen molar-refractivity contribution in [3.8, 4) is 6.07 Å². The van der Waals surface area contributed by atoms with Gasteiger partial charge in [0.15, 0.2) is 0 Å². The van der Waals surface area contributed by atoms with Crippen molar-refractivity contribution < 1.29 is 9.53 Å². The molecular weight excluding hydrogens is 252 g/mol. The number of hydrogen-bond donors (Lipinski definition) is 3. The highest BCUT2D eigenvalue weighted by atomic mass is 32.1. The molecule has 18 heavy (non-hydrogen) atoms. The molecule has 1 heterocycles. The highest BCUT2D eigenvalue weighted by Gasteiger charge is 2.21. The number of rotatable bonds is 6. The summed E-state index contributed by atoms with van der Waals surface area (Å²) in [6.07, 6.45) is 0.811. The van der Waals surface area contributed by atoms with E-state index in [-0.39, 0.29) is 17.3 Å². The molecule has 98 valence electrons. The summed E-state index contributed by atoms with van der Waals surface area (Å²) in [6, 6.07) is 1.99. The zero-order valence-electron chi connectivity index (χ0n) is 10.3. The molecule has 0 spiro atoms. The van der Waals surface area contributed by atoms with E-state index in [1.165, 1.54) is 0 Å². The number of anilines is 2. The number of nitrogen functional groups attached to an aromatic ring is 1. The molecular formula is C11H16N4O2S. The first-order valence-corrected chi connectivity index (χ1v) is 6.24. The summed E-state index contributed by atoms with van der Waals surface area (Å²) in [6.45, 7) is 2.48. The number of nitriles is 1. The highest BCUT2D eigenvalue weighted by molar-refractivity contribution is 7.17. The number of nitrogens with one attached hydrogen (secondary N) is 1. The lowest BCUT2D eigenvalue weighted by Gasteiger charge is -2.16. The summed E-state index contributed by atoms with van der Waals surface area (Å²) in [4.78, 5) is 11.7. The van der Waals surface area contributed by atoms with Crippen molar-refractivity contribution in [2.24, 2.45) is 5.73 Å². The van der Waals surface area contributed by atoms with Crippen LogP contribution in [0, 0.1) is 11.3 Å². The minimum Gasteiger partial charge on any atom is -0.396 e. The Morgan fingerprint density at radius 3 is 2.78 bits per heavy atom. The molecule has 1 aromatic rings. The number of nitrogens with two attached hydrogens (primary N) is 2. The Bertz CT molecular complexity index is 478. The van der Waals surface area contributed by atoms with Crippen LogP contribution in [0.4, 0.5) is 10.7 Å². The number of carbonyl (C=O) groups is 1. The standard InChI is InChI=1S/C11H16N4O2S/c1-3-6(5-17-2)15-11-8(10(14)16)9(13)7(4-12)18-11/h6,15H,3,5,13H2,1-2H3,(H2,14,16). The van der Waals surface area contributed by atoms with Crippen LogP contribution in [0.3, 0.4) is 0 Å². The van der Waals surface area contributed by atoms with Gasteiger partial charge in [-0.2, -0.15) is 5.26 Å². The van der Waals surface area contributed by atoms with Crippen LogP contribution in [0.2, 0.25) is 0 Å². The zero-order valence-corrected chi connectivity index (χ0v) is 11.1. The van der Waals surface area contributed by atoms with Crippen molar-refractivity contribution in [2.75, 3.05) is 24.8 Å². The summed E-state index contributed by atoms with van der Waals surface area (Å²) in [5.74, 6) is -0.639. The van der Waals surface area contributed by atoms with Gasteiger partial charge in [0.05, 0.1) is 17.9 Å². The first kappa shape index (κ1) is 14.3. The van der Waals surface area contributed by atoms with Gasteiger partial charge >= 0.3 is 0 Å². The van der Waals surface area contributed by atoms with Gasteiger partial charge in [-0.15, -0.1) is 11.3 Å². The summed E-state index contributed by atoms with van der Waals surface area (Å²) >= 11 is 1.13. The van der Waals surface area contributed by atoms with Gasteiger partial charge in [0, 0.05) is 13.2 Å². The van der Waals surface area contributed by atoms with Crippen LogP contribution >= 0.6 is 11.3 Å². The summed E-state index contributed by atoms with van der Waals surface area (Å²) in [5.41, 5.74) is 11.3. The third-order valence-corrected chi connectivity index (χ3v) is 3.53. The molecule has 0 aromatic carbocycles. The zero-order chi connectivity index (χ0) is 13.7. The Balaban J connectivity index is 3.08. The maximum atomic E-state index is 11.4. The molecule has 6 nitrogen and oxygen atoms in total. The second-order valence-electron chi connectivity index (χ2n) is 3.73. The summed E-state index contributed by atoms with van der Waals surface area (Å²) in [5, 5.41) is 12.6. The van der Waals surface area contributed by atoms with Crippen LogP contribution in [-0.4, -0.2) is 25.7 Å². The van der Waals surface area contributed by atoms with Crippen LogP contribution in [0.5, 0.6) is 0 Å². The summed E-state index contributed by atoms with van der Waals surface area (Å²) in [7, 11) is 1.60. The van der Waals surface area contributed by atoms with Crippen molar-refractivity contribution in [1.82, 2.24) is 0 Å². The van der Waals surface area contributed by atoms with E-state index in [4.69, 9.17) is 21.5 Å². The Morgan fingerprint density at radius 2 is 2.33 bits per heavy atom. The molecule has 0 fully saturated rings. The van der Waals surface area contributed by atoms with E-state index in [0.29, 0.717) is 16.5 Å². The molecule has 5 N–H and O–H groups in total. The monoisotopic (exact) mass is 268 g/mol. The van der Waals surface area contributed by atoms with Gasteiger partial charge in [-0.3, -0.25) is 4.79 Å². The largest absolute Gasteiger partial charge is 0.396 e.